The summed E-state index contributed by atoms with van der Waals surface area (Å²) in [6, 6.07) is 7.94. The van der Waals surface area contributed by atoms with Gasteiger partial charge in [0.15, 0.2) is 0 Å². The highest BCUT2D eigenvalue weighted by molar-refractivity contribution is 9.10. The predicted octanol–water partition coefficient (Wildman–Crippen LogP) is 3.92. The third-order valence-corrected chi connectivity index (χ3v) is 3.65. The van der Waals surface area contributed by atoms with E-state index < -0.39 is 0 Å². The van der Waals surface area contributed by atoms with Gasteiger partial charge in [0, 0.05) is 11.0 Å². The zero-order valence-corrected chi connectivity index (χ0v) is 10.8. The molecule has 3 heteroatoms. The van der Waals surface area contributed by atoms with Gasteiger partial charge >= 0.3 is 0 Å². The highest BCUT2D eigenvalue weighted by Gasteiger charge is 2.15. The first-order chi connectivity index (χ1) is 7.79. The predicted molar refractivity (Wildman–Crippen MR) is 69.3 cm³/mol. The Hall–Kier alpha value is -1.01. The molecule has 1 fully saturated rings. The van der Waals surface area contributed by atoms with Crippen LogP contribution in [0.1, 0.15) is 31.2 Å². The summed E-state index contributed by atoms with van der Waals surface area (Å²) in [6.07, 6.45) is 5.36. The summed E-state index contributed by atoms with van der Waals surface area (Å²) in [7, 11) is 0. The van der Waals surface area contributed by atoms with E-state index >= 15 is 0 Å². The molecule has 2 nitrogen and oxygen atoms in total. The number of halogens is 1. The lowest BCUT2D eigenvalue weighted by molar-refractivity contribution is 0.580. The molecule has 1 saturated carbocycles. The Morgan fingerprint density at radius 3 is 2.81 bits per heavy atom. The summed E-state index contributed by atoms with van der Waals surface area (Å²) in [6.45, 7) is 0.991. The van der Waals surface area contributed by atoms with Gasteiger partial charge in [-0.15, -0.1) is 0 Å². The topological polar surface area (TPSA) is 35.8 Å². The minimum atomic E-state index is 0.723. The highest BCUT2D eigenvalue weighted by atomic mass is 79.9. The summed E-state index contributed by atoms with van der Waals surface area (Å²) in [5, 5.41) is 12.4. The van der Waals surface area contributed by atoms with Crippen molar-refractivity contribution in [3.63, 3.8) is 0 Å². The van der Waals surface area contributed by atoms with Gasteiger partial charge in [-0.05, 0) is 37.0 Å². The van der Waals surface area contributed by atoms with Crippen LogP contribution in [0.2, 0.25) is 0 Å². The number of nitrogens with zero attached hydrogens (tertiary/aromatic N) is 1. The summed E-state index contributed by atoms with van der Waals surface area (Å²) in [4.78, 5) is 0. The maximum Gasteiger partial charge on any atom is 0.101 e. The molecule has 0 unspecified atom stereocenters. The Morgan fingerprint density at radius 1 is 1.38 bits per heavy atom. The molecule has 0 heterocycles. The molecule has 1 aromatic carbocycles. The lowest BCUT2D eigenvalue weighted by Gasteiger charge is -2.13. The van der Waals surface area contributed by atoms with Crippen molar-refractivity contribution < 1.29 is 0 Å². The summed E-state index contributed by atoms with van der Waals surface area (Å²) in [5.74, 6) is 0.783. The quantitative estimate of drug-likeness (QED) is 0.910. The molecular weight excluding hydrogens is 264 g/mol. The van der Waals surface area contributed by atoms with Crippen molar-refractivity contribution in [3.05, 3.63) is 28.2 Å². The van der Waals surface area contributed by atoms with Gasteiger partial charge in [0.05, 0.1) is 11.3 Å². The van der Waals surface area contributed by atoms with E-state index in [-0.39, 0.29) is 0 Å². The molecule has 1 aliphatic rings. The Labute approximate surface area is 105 Å². The first kappa shape index (κ1) is 11.5. The number of hydrogen-bond donors (Lipinski definition) is 1. The van der Waals surface area contributed by atoms with Gasteiger partial charge in [-0.25, -0.2) is 0 Å². The maximum atomic E-state index is 9.00. The van der Waals surface area contributed by atoms with Crippen LogP contribution in [0.5, 0.6) is 0 Å². The van der Waals surface area contributed by atoms with Crippen molar-refractivity contribution in [2.24, 2.45) is 5.92 Å². The standard InChI is InChI=1S/C13H15BrN2/c14-12-6-5-11(8-15)13(7-12)16-9-10-3-1-2-4-10/h5-7,10,16H,1-4,9H2. The van der Waals surface area contributed by atoms with Crippen molar-refractivity contribution in [1.82, 2.24) is 0 Å². The number of hydrogen-bond acceptors (Lipinski definition) is 2. The number of anilines is 1. The molecule has 1 N–H and O–H groups in total. The van der Waals surface area contributed by atoms with Gasteiger partial charge in [0.1, 0.15) is 6.07 Å². The average molecular weight is 279 g/mol. The van der Waals surface area contributed by atoms with Crippen LogP contribution in [0.25, 0.3) is 0 Å². The zero-order valence-electron chi connectivity index (χ0n) is 9.17. The molecule has 0 bridgehead atoms. The van der Waals surface area contributed by atoms with Gasteiger partial charge in [0.25, 0.3) is 0 Å². The van der Waals surface area contributed by atoms with Crippen LogP contribution in [0.3, 0.4) is 0 Å². The Morgan fingerprint density at radius 2 is 2.12 bits per heavy atom. The van der Waals surface area contributed by atoms with Gasteiger partial charge in [-0.2, -0.15) is 5.26 Å². The maximum absolute atomic E-state index is 9.00. The fourth-order valence-corrected chi connectivity index (χ4v) is 2.59. The number of nitrogens with one attached hydrogen (secondary N) is 1. The van der Waals surface area contributed by atoms with E-state index in [2.05, 4.69) is 27.3 Å². The molecule has 0 spiro atoms. The highest BCUT2D eigenvalue weighted by Crippen LogP contribution is 2.26. The van der Waals surface area contributed by atoms with Gasteiger partial charge in [-0.3, -0.25) is 0 Å². The van der Waals surface area contributed by atoms with Crippen LogP contribution < -0.4 is 5.32 Å². The van der Waals surface area contributed by atoms with E-state index in [4.69, 9.17) is 5.26 Å². The normalized spacial score (nSPS) is 16.0. The molecule has 1 aromatic rings. The molecule has 84 valence electrons. The SMILES string of the molecule is N#Cc1ccc(Br)cc1NCC1CCCC1. The molecule has 0 amide bonds. The van der Waals surface area contributed by atoms with Crippen LogP contribution in [-0.4, -0.2) is 6.54 Å². The van der Waals surface area contributed by atoms with E-state index in [1.54, 1.807) is 0 Å². The molecule has 0 aliphatic heterocycles. The molecule has 16 heavy (non-hydrogen) atoms. The van der Waals surface area contributed by atoms with E-state index in [0.717, 1.165) is 28.2 Å². The molecule has 0 saturated heterocycles. The minimum Gasteiger partial charge on any atom is -0.384 e. The summed E-state index contributed by atoms with van der Waals surface area (Å²) < 4.78 is 1.01. The molecule has 0 radical (unpaired) electrons. The molecule has 2 rings (SSSR count). The molecule has 0 aromatic heterocycles. The van der Waals surface area contributed by atoms with Crippen LogP contribution >= 0.6 is 15.9 Å². The van der Waals surface area contributed by atoms with Crippen molar-refractivity contribution >= 4 is 21.6 Å². The lowest BCUT2D eigenvalue weighted by Crippen LogP contribution is -2.11. The summed E-state index contributed by atoms with van der Waals surface area (Å²) >= 11 is 3.43. The van der Waals surface area contributed by atoms with Crippen molar-refractivity contribution in [2.45, 2.75) is 25.7 Å². The fraction of sp³-hybridized carbons (Fsp3) is 0.462. The second-order valence-corrected chi connectivity index (χ2v) is 5.25. The van der Waals surface area contributed by atoms with Crippen LogP contribution in [-0.2, 0) is 0 Å². The Kier molecular flexibility index (Phi) is 3.84. The molecule has 1 aliphatic carbocycles. The number of rotatable bonds is 3. The molecular formula is C13H15BrN2. The zero-order chi connectivity index (χ0) is 11.4. The first-order valence-corrected chi connectivity index (χ1v) is 6.52. The smallest absolute Gasteiger partial charge is 0.101 e. The van der Waals surface area contributed by atoms with Gasteiger partial charge in [0.2, 0.25) is 0 Å². The van der Waals surface area contributed by atoms with E-state index in [0.29, 0.717) is 0 Å². The van der Waals surface area contributed by atoms with E-state index in [9.17, 15) is 0 Å². The van der Waals surface area contributed by atoms with Crippen LogP contribution in [0.4, 0.5) is 5.69 Å². The van der Waals surface area contributed by atoms with Crippen LogP contribution in [0, 0.1) is 17.2 Å². The van der Waals surface area contributed by atoms with Gasteiger partial charge in [-0.1, -0.05) is 28.8 Å². The molecule has 0 atom stereocenters. The lowest BCUT2D eigenvalue weighted by atomic mass is 10.1. The van der Waals surface area contributed by atoms with Crippen molar-refractivity contribution in [2.75, 3.05) is 11.9 Å². The third-order valence-electron chi connectivity index (χ3n) is 3.16. The fourth-order valence-electron chi connectivity index (χ4n) is 2.23. The van der Waals surface area contributed by atoms with E-state index in [1.807, 2.05) is 18.2 Å². The van der Waals surface area contributed by atoms with Crippen LogP contribution in [0.15, 0.2) is 22.7 Å². The largest absolute Gasteiger partial charge is 0.384 e. The number of nitriles is 1. The monoisotopic (exact) mass is 278 g/mol. The number of benzene rings is 1. The van der Waals surface area contributed by atoms with E-state index in [1.165, 1.54) is 25.7 Å². The second kappa shape index (κ2) is 5.36. The minimum absolute atomic E-state index is 0.723. The van der Waals surface area contributed by atoms with Crippen molar-refractivity contribution in [1.29, 1.82) is 5.26 Å². The third kappa shape index (κ3) is 2.76. The second-order valence-electron chi connectivity index (χ2n) is 4.33. The Balaban J connectivity index is 2.02. The van der Waals surface area contributed by atoms with Crippen molar-refractivity contribution in [3.8, 4) is 6.07 Å². The first-order valence-electron chi connectivity index (χ1n) is 5.73. The summed E-state index contributed by atoms with van der Waals surface area (Å²) in [5.41, 5.74) is 1.67. The van der Waals surface area contributed by atoms with Gasteiger partial charge < -0.3 is 5.32 Å². The average Bonchev–Trinajstić information content (AvgIpc) is 2.79. The Bertz CT molecular complexity index is 403.